The SMILES string of the molecule is CC1CCC(C(=O)c2sccc2Br)(N(C)C)CC1. The molecule has 1 aromatic rings. The van der Waals surface area contributed by atoms with Gasteiger partial charge in [-0.2, -0.15) is 0 Å². The van der Waals surface area contributed by atoms with Gasteiger partial charge in [-0.05, 0) is 73.1 Å². The molecule has 0 amide bonds. The summed E-state index contributed by atoms with van der Waals surface area (Å²) in [4.78, 5) is 15.9. The van der Waals surface area contributed by atoms with E-state index in [2.05, 4.69) is 27.8 Å². The Kier molecular flexibility index (Phi) is 4.29. The maximum atomic E-state index is 12.9. The van der Waals surface area contributed by atoms with Gasteiger partial charge in [-0.3, -0.25) is 9.69 Å². The largest absolute Gasteiger partial charge is 0.297 e. The molecule has 2 rings (SSSR count). The zero-order valence-corrected chi connectivity index (χ0v) is 13.6. The Morgan fingerprint density at radius 2 is 2.06 bits per heavy atom. The molecule has 1 aromatic heterocycles. The van der Waals surface area contributed by atoms with E-state index < -0.39 is 0 Å². The van der Waals surface area contributed by atoms with E-state index in [1.807, 2.05) is 25.5 Å². The van der Waals surface area contributed by atoms with Crippen LogP contribution in [0.15, 0.2) is 15.9 Å². The molecule has 0 radical (unpaired) electrons. The minimum absolute atomic E-state index is 0.292. The van der Waals surface area contributed by atoms with E-state index in [-0.39, 0.29) is 5.54 Å². The van der Waals surface area contributed by atoms with Gasteiger partial charge in [0.25, 0.3) is 0 Å². The highest BCUT2D eigenvalue weighted by Gasteiger charge is 2.44. The number of ketones is 1. The second-order valence-electron chi connectivity index (χ2n) is 5.54. The fraction of sp³-hybridized carbons (Fsp3) is 0.643. The third-order valence-electron chi connectivity index (χ3n) is 4.20. The third kappa shape index (κ3) is 2.43. The van der Waals surface area contributed by atoms with Crippen molar-refractivity contribution < 1.29 is 4.79 Å². The van der Waals surface area contributed by atoms with Crippen molar-refractivity contribution in [2.45, 2.75) is 38.1 Å². The molecular weight excluding hydrogens is 310 g/mol. The van der Waals surface area contributed by atoms with Gasteiger partial charge in [-0.15, -0.1) is 11.3 Å². The summed E-state index contributed by atoms with van der Waals surface area (Å²) < 4.78 is 0.942. The van der Waals surface area contributed by atoms with Crippen molar-refractivity contribution in [1.82, 2.24) is 4.90 Å². The quantitative estimate of drug-likeness (QED) is 0.774. The number of halogens is 1. The van der Waals surface area contributed by atoms with Gasteiger partial charge in [0.1, 0.15) is 0 Å². The molecule has 2 nitrogen and oxygen atoms in total. The minimum atomic E-state index is -0.292. The van der Waals surface area contributed by atoms with Crippen LogP contribution in [0.25, 0.3) is 0 Å². The molecule has 0 aromatic carbocycles. The Balaban J connectivity index is 2.31. The van der Waals surface area contributed by atoms with Crippen LogP contribution in [0.5, 0.6) is 0 Å². The topological polar surface area (TPSA) is 20.3 Å². The van der Waals surface area contributed by atoms with Gasteiger partial charge >= 0.3 is 0 Å². The van der Waals surface area contributed by atoms with Gasteiger partial charge in [0, 0.05) is 4.47 Å². The molecule has 1 saturated carbocycles. The monoisotopic (exact) mass is 329 g/mol. The summed E-state index contributed by atoms with van der Waals surface area (Å²) in [7, 11) is 4.07. The van der Waals surface area contributed by atoms with Crippen LogP contribution in [-0.2, 0) is 0 Å². The molecule has 18 heavy (non-hydrogen) atoms. The van der Waals surface area contributed by atoms with E-state index in [1.165, 1.54) is 0 Å². The Hall–Kier alpha value is -0.190. The number of rotatable bonds is 3. The van der Waals surface area contributed by atoms with Crippen molar-refractivity contribution in [3.63, 3.8) is 0 Å². The lowest BCUT2D eigenvalue weighted by atomic mass is 9.73. The van der Waals surface area contributed by atoms with Crippen LogP contribution in [0.3, 0.4) is 0 Å². The van der Waals surface area contributed by atoms with Crippen molar-refractivity contribution in [1.29, 1.82) is 0 Å². The summed E-state index contributed by atoms with van der Waals surface area (Å²) in [6.07, 6.45) is 4.24. The van der Waals surface area contributed by atoms with Gasteiger partial charge in [-0.1, -0.05) is 6.92 Å². The Bertz CT molecular complexity index is 433. The van der Waals surface area contributed by atoms with Crippen LogP contribution in [0.2, 0.25) is 0 Å². The first-order valence-corrected chi connectivity index (χ1v) is 8.10. The van der Waals surface area contributed by atoms with E-state index in [9.17, 15) is 4.79 Å². The number of thiophene rings is 1. The molecule has 0 unspecified atom stereocenters. The molecule has 0 bridgehead atoms. The Morgan fingerprint density at radius 1 is 1.44 bits per heavy atom. The lowest BCUT2D eigenvalue weighted by Gasteiger charge is -2.43. The molecule has 0 saturated heterocycles. The number of hydrogen-bond donors (Lipinski definition) is 0. The second-order valence-corrected chi connectivity index (χ2v) is 7.31. The molecule has 1 aliphatic carbocycles. The number of Topliss-reactive ketones (excluding diaryl/α,β-unsaturated/α-hetero) is 1. The minimum Gasteiger partial charge on any atom is -0.297 e. The lowest BCUT2D eigenvalue weighted by molar-refractivity contribution is 0.0517. The normalized spacial score (nSPS) is 28.6. The lowest BCUT2D eigenvalue weighted by Crippen LogP contribution is -2.53. The second kappa shape index (κ2) is 5.43. The van der Waals surface area contributed by atoms with Crippen molar-refractivity contribution in [3.8, 4) is 0 Å². The predicted octanol–water partition coefficient (Wildman–Crippen LogP) is 4.20. The van der Waals surface area contributed by atoms with Crippen molar-refractivity contribution >= 4 is 33.0 Å². The van der Waals surface area contributed by atoms with Gasteiger partial charge in [0.05, 0.1) is 10.4 Å². The summed E-state index contributed by atoms with van der Waals surface area (Å²) in [6, 6.07) is 1.96. The summed E-state index contributed by atoms with van der Waals surface area (Å²) in [5.74, 6) is 1.04. The molecule has 1 fully saturated rings. The average Bonchev–Trinajstić information content (AvgIpc) is 2.75. The fourth-order valence-electron chi connectivity index (χ4n) is 2.78. The first kappa shape index (κ1) is 14.2. The van der Waals surface area contributed by atoms with E-state index >= 15 is 0 Å². The highest BCUT2D eigenvalue weighted by molar-refractivity contribution is 9.10. The molecule has 100 valence electrons. The molecule has 1 aliphatic rings. The molecule has 0 spiro atoms. The fourth-order valence-corrected chi connectivity index (χ4v) is 4.37. The smallest absolute Gasteiger partial charge is 0.194 e. The number of carbonyl (C=O) groups is 1. The molecular formula is C14H20BrNOS. The average molecular weight is 330 g/mol. The van der Waals surface area contributed by atoms with Crippen LogP contribution in [0.4, 0.5) is 0 Å². The number of likely N-dealkylation sites (N-methyl/N-ethyl adjacent to an activating group) is 1. The summed E-state index contributed by atoms with van der Waals surface area (Å²) in [6.45, 7) is 2.28. The first-order chi connectivity index (χ1) is 8.47. The van der Waals surface area contributed by atoms with Crippen LogP contribution < -0.4 is 0 Å². The first-order valence-electron chi connectivity index (χ1n) is 6.42. The predicted molar refractivity (Wildman–Crippen MR) is 80.4 cm³/mol. The summed E-state index contributed by atoms with van der Waals surface area (Å²) >= 11 is 5.03. The van der Waals surface area contributed by atoms with Gasteiger partial charge in [0.2, 0.25) is 0 Å². The molecule has 4 heteroatoms. The molecule has 1 heterocycles. The van der Waals surface area contributed by atoms with E-state index in [1.54, 1.807) is 11.3 Å². The van der Waals surface area contributed by atoms with E-state index in [0.717, 1.165) is 41.0 Å². The summed E-state index contributed by atoms with van der Waals surface area (Å²) in [5.41, 5.74) is -0.292. The highest BCUT2D eigenvalue weighted by atomic mass is 79.9. The number of carbonyl (C=O) groups excluding carboxylic acids is 1. The van der Waals surface area contributed by atoms with Crippen molar-refractivity contribution in [2.24, 2.45) is 5.92 Å². The number of nitrogens with zero attached hydrogens (tertiary/aromatic N) is 1. The van der Waals surface area contributed by atoms with Crippen LogP contribution in [0, 0.1) is 5.92 Å². The van der Waals surface area contributed by atoms with Crippen LogP contribution in [-0.4, -0.2) is 30.3 Å². The zero-order chi connectivity index (χ0) is 13.3. The maximum absolute atomic E-state index is 12.9. The summed E-state index contributed by atoms with van der Waals surface area (Å²) in [5, 5.41) is 1.98. The molecule has 0 atom stereocenters. The van der Waals surface area contributed by atoms with Crippen LogP contribution in [0.1, 0.15) is 42.3 Å². The van der Waals surface area contributed by atoms with Gasteiger partial charge in [-0.25, -0.2) is 0 Å². The molecule has 0 aliphatic heterocycles. The maximum Gasteiger partial charge on any atom is 0.194 e. The number of hydrogen-bond acceptors (Lipinski definition) is 3. The van der Waals surface area contributed by atoms with Gasteiger partial charge < -0.3 is 0 Å². The van der Waals surface area contributed by atoms with Gasteiger partial charge in [0.15, 0.2) is 5.78 Å². The standard InChI is InChI=1S/C14H20BrNOS/c1-10-4-7-14(8-5-10,16(2)3)13(17)12-11(15)6-9-18-12/h6,9-10H,4-5,7-8H2,1-3H3. The zero-order valence-electron chi connectivity index (χ0n) is 11.2. The van der Waals surface area contributed by atoms with Crippen molar-refractivity contribution in [2.75, 3.05) is 14.1 Å². The van der Waals surface area contributed by atoms with E-state index in [4.69, 9.17) is 0 Å². The molecule has 0 N–H and O–H groups in total. The Labute approximate surface area is 122 Å². The Morgan fingerprint density at radius 3 is 2.50 bits per heavy atom. The van der Waals surface area contributed by atoms with Crippen LogP contribution >= 0.6 is 27.3 Å². The third-order valence-corrected chi connectivity index (χ3v) is 6.04. The van der Waals surface area contributed by atoms with Crippen molar-refractivity contribution in [3.05, 3.63) is 20.8 Å². The van der Waals surface area contributed by atoms with E-state index in [0.29, 0.717) is 5.78 Å². The highest BCUT2D eigenvalue weighted by Crippen LogP contribution is 2.39.